The van der Waals surface area contributed by atoms with E-state index in [0.717, 1.165) is 24.2 Å². The van der Waals surface area contributed by atoms with Crippen molar-refractivity contribution in [1.29, 1.82) is 0 Å². The highest BCUT2D eigenvalue weighted by Crippen LogP contribution is 2.27. The number of aliphatic imine (C=N–C) groups is 2. The summed E-state index contributed by atoms with van der Waals surface area (Å²) >= 11 is 12.0. The quantitative estimate of drug-likeness (QED) is 0.570. The van der Waals surface area contributed by atoms with E-state index < -0.39 is 5.62 Å². The molecule has 3 nitrogen and oxygen atoms in total. The van der Waals surface area contributed by atoms with E-state index in [9.17, 15) is 0 Å². The summed E-state index contributed by atoms with van der Waals surface area (Å²) in [4.78, 5) is 8.48. The van der Waals surface area contributed by atoms with Crippen LogP contribution in [0.3, 0.4) is 0 Å². The Bertz CT molecular complexity index is 371. The van der Waals surface area contributed by atoms with Crippen molar-refractivity contribution in [1.82, 2.24) is 5.32 Å². The van der Waals surface area contributed by atoms with Crippen LogP contribution in [-0.4, -0.2) is 17.0 Å². The third kappa shape index (κ3) is 2.41. The zero-order valence-electron chi connectivity index (χ0n) is 9.37. The van der Waals surface area contributed by atoms with E-state index in [1.807, 2.05) is 6.21 Å². The van der Waals surface area contributed by atoms with Gasteiger partial charge in [0.15, 0.2) is 10.8 Å². The van der Waals surface area contributed by atoms with Crippen LogP contribution in [0.4, 0.5) is 0 Å². The van der Waals surface area contributed by atoms with Crippen molar-refractivity contribution in [2.24, 2.45) is 21.8 Å². The maximum Gasteiger partial charge on any atom is 0.197 e. The van der Waals surface area contributed by atoms with E-state index in [4.69, 9.17) is 23.2 Å². The van der Waals surface area contributed by atoms with Gasteiger partial charge in [-0.3, -0.25) is 4.99 Å². The summed E-state index contributed by atoms with van der Waals surface area (Å²) in [5.41, 5.74) is 1.30. The molecule has 16 heavy (non-hydrogen) atoms. The van der Waals surface area contributed by atoms with Crippen molar-refractivity contribution >= 4 is 34.6 Å². The van der Waals surface area contributed by atoms with Crippen molar-refractivity contribution in [3.05, 3.63) is 11.4 Å². The van der Waals surface area contributed by atoms with E-state index in [2.05, 4.69) is 29.1 Å². The summed E-state index contributed by atoms with van der Waals surface area (Å²) in [6.07, 6.45) is 3.98. The van der Waals surface area contributed by atoms with Gasteiger partial charge >= 0.3 is 0 Å². The lowest BCUT2D eigenvalue weighted by molar-refractivity contribution is 0.467. The van der Waals surface area contributed by atoms with Crippen molar-refractivity contribution in [2.45, 2.75) is 32.3 Å². The van der Waals surface area contributed by atoms with Gasteiger partial charge in [0.2, 0.25) is 0 Å². The topological polar surface area (TPSA) is 36.8 Å². The molecule has 0 fully saturated rings. The van der Waals surface area contributed by atoms with Crippen LogP contribution in [0.5, 0.6) is 0 Å². The fraction of sp³-hybridized carbons (Fsp3) is 0.636. The number of halogens is 2. The lowest BCUT2D eigenvalue weighted by atomic mass is 9.92. The van der Waals surface area contributed by atoms with Gasteiger partial charge in [-0.2, -0.15) is 0 Å². The van der Waals surface area contributed by atoms with Crippen LogP contribution < -0.4 is 5.32 Å². The Kier molecular flexibility index (Phi) is 3.55. The molecule has 0 spiro atoms. The number of hydrogen-bond donors (Lipinski definition) is 1. The minimum Gasteiger partial charge on any atom is -0.353 e. The highest BCUT2D eigenvalue weighted by atomic mass is 35.5. The van der Waals surface area contributed by atoms with Crippen molar-refractivity contribution in [3.63, 3.8) is 0 Å². The predicted molar refractivity (Wildman–Crippen MR) is 69.1 cm³/mol. The standard InChI is InChI=1S/C11H15Cl2N3/c1-6(2)7-3-4-8-9(14-5-7)10(12)16-11(13)15-8/h5-7,11,15H,3-4H2,1-2H3. The maximum atomic E-state index is 6.04. The molecule has 0 aromatic heterocycles. The lowest BCUT2D eigenvalue weighted by Crippen LogP contribution is -2.28. The van der Waals surface area contributed by atoms with E-state index in [-0.39, 0.29) is 0 Å². The molecule has 0 bridgehead atoms. The predicted octanol–water partition coefficient (Wildman–Crippen LogP) is 3.10. The molecule has 0 saturated carbocycles. The first-order chi connectivity index (χ1) is 7.58. The molecule has 88 valence electrons. The second kappa shape index (κ2) is 4.76. The van der Waals surface area contributed by atoms with Crippen molar-refractivity contribution < 1.29 is 0 Å². The van der Waals surface area contributed by atoms with Gasteiger partial charge in [-0.25, -0.2) is 4.99 Å². The Morgan fingerprint density at radius 1 is 1.50 bits per heavy atom. The SMILES string of the molecule is CC(C)C1C=NC2=C(CC1)NC(Cl)N=C2Cl. The molecule has 2 rings (SSSR count). The summed E-state index contributed by atoms with van der Waals surface area (Å²) in [6.45, 7) is 4.41. The first kappa shape index (κ1) is 11.9. The Hall–Kier alpha value is -0.540. The molecule has 0 aliphatic carbocycles. The first-order valence-electron chi connectivity index (χ1n) is 5.49. The largest absolute Gasteiger partial charge is 0.353 e. The van der Waals surface area contributed by atoms with Crippen LogP contribution in [0, 0.1) is 11.8 Å². The van der Waals surface area contributed by atoms with Gasteiger partial charge in [-0.15, -0.1) is 0 Å². The molecule has 0 saturated heterocycles. The Balaban J connectivity index is 2.22. The second-order valence-corrected chi connectivity index (χ2v) is 5.22. The van der Waals surface area contributed by atoms with Crippen LogP contribution in [0.25, 0.3) is 0 Å². The van der Waals surface area contributed by atoms with Crippen LogP contribution >= 0.6 is 23.2 Å². The molecular weight excluding hydrogens is 245 g/mol. The fourth-order valence-electron chi connectivity index (χ4n) is 1.91. The first-order valence-corrected chi connectivity index (χ1v) is 6.31. The summed E-state index contributed by atoms with van der Waals surface area (Å²) in [7, 11) is 0. The molecule has 2 unspecified atom stereocenters. The lowest BCUT2D eigenvalue weighted by Gasteiger charge is -2.20. The van der Waals surface area contributed by atoms with Crippen molar-refractivity contribution in [2.75, 3.05) is 0 Å². The summed E-state index contributed by atoms with van der Waals surface area (Å²) < 4.78 is 0. The summed E-state index contributed by atoms with van der Waals surface area (Å²) in [5.74, 6) is 1.08. The van der Waals surface area contributed by atoms with Gasteiger partial charge in [-0.1, -0.05) is 37.0 Å². The molecule has 2 aliphatic rings. The normalized spacial score (nSPS) is 29.7. The minimum absolute atomic E-state index is 0.411. The van der Waals surface area contributed by atoms with E-state index >= 15 is 0 Å². The number of nitrogens with one attached hydrogen (secondary N) is 1. The number of nitrogens with zero attached hydrogens (tertiary/aromatic N) is 2. The molecule has 0 aromatic rings. The van der Waals surface area contributed by atoms with Crippen molar-refractivity contribution in [3.8, 4) is 0 Å². The number of allylic oxidation sites excluding steroid dienone is 2. The van der Waals surface area contributed by atoms with Gasteiger partial charge < -0.3 is 5.32 Å². The minimum atomic E-state index is -0.461. The van der Waals surface area contributed by atoms with Gasteiger partial charge in [0.1, 0.15) is 5.70 Å². The average Bonchev–Trinajstić information content (AvgIpc) is 2.39. The molecule has 2 atom stereocenters. The second-order valence-electron chi connectivity index (χ2n) is 4.45. The Labute approximate surface area is 106 Å². The van der Waals surface area contributed by atoms with Gasteiger partial charge in [-0.05, 0) is 24.7 Å². The molecule has 0 amide bonds. The van der Waals surface area contributed by atoms with Crippen LogP contribution in [0.2, 0.25) is 0 Å². The number of alkyl halides is 1. The summed E-state index contributed by atoms with van der Waals surface area (Å²) in [6, 6.07) is 0. The van der Waals surface area contributed by atoms with Crippen LogP contribution in [0.15, 0.2) is 21.4 Å². The molecule has 2 heterocycles. The van der Waals surface area contributed by atoms with Gasteiger partial charge in [0, 0.05) is 11.9 Å². The zero-order chi connectivity index (χ0) is 11.7. The van der Waals surface area contributed by atoms with Gasteiger partial charge in [0.25, 0.3) is 0 Å². The molecule has 0 radical (unpaired) electrons. The molecule has 2 aliphatic heterocycles. The van der Waals surface area contributed by atoms with Crippen LogP contribution in [0.1, 0.15) is 26.7 Å². The fourth-order valence-corrected chi connectivity index (χ4v) is 2.45. The number of hydrogen-bond acceptors (Lipinski definition) is 3. The third-order valence-corrected chi connectivity index (χ3v) is 3.46. The molecular formula is C11H15Cl2N3. The average molecular weight is 260 g/mol. The third-order valence-electron chi connectivity index (χ3n) is 2.98. The highest BCUT2D eigenvalue weighted by molar-refractivity contribution is 6.70. The van der Waals surface area contributed by atoms with Crippen LogP contribution in [-0.2, 0) is 0 Å². The molecule has 5 heteroatoms. The maximum absolute atomic E-state index is 6.04. The number of rotatable bonds is 1. The van der Waals surface area contributed by atoms with Gasteiger partial charge in [0.05, 0.1) is 0 Å². The molecule has 1 N–H and O–H groups in total. The monoisotopic (exact) mass is 259 g/mol. The highest BCUT2D eigenvalue weighted by Gasteiger charge is 2.24. The van der Waals surface area contributed by atoms with E-state index in [1.165, 1.54) is 0 Å². The smallest absolute Gasteiger partial charge is 0.197 e. The van der Waals surface area contributed by atoms with E-state index in [0.29, 0.717) is 17.0 Å². The summed E-state index contributed by atoms with van der Waals surface area (Å²) in [5, 5.41) is 3.52. The van der Waals surface area contributed by atoms with E-state index in [1.54, 1.807) is 0 Å². The Morgan fingerprint density at radius 2 is 2.25 bits per heavy atom. The molecule has 0 aromatic carbocycles. The Morgan fingerprint density at radius 3 is 2.94 bits per heavy atom. The zero-order valence-corrected chi connectivity index (χ0v) is 10.9.